The zero-order valence-electron chi connectivity index (χ0n) is 10.9. The van der Waals surface area contributed by atoms with Crippen LogP contribution in [0.15, 0.2) is 40.1 Å². The molecule has 0 nitrogen and oxygen atoms in total. The molecule has 1 aromatic carbocycles. The predicted molar refractivity (Wildman–Crippen MR) is 82.8 cm³/mol. The van der Waals surface area contributed by atoms with E-state index in [0.717, 1.165) is 5.92 Å². The summed E-state index contributed by atoms with van der Waals surface area (Å²) < 4.78 is 0. The minimum Gasteiger partial charge on any atom is -0.124 e. The quantitative estimate of drug-likeness (QED) is 0.668. The third-order valence-corrected chi connectivity index (χ3v) is 6.50. The van der Waals surface area contributed by atoms with E-state index in [9.17, 15) is 0 Å². The molecule has 96 valence electrons. The molecule has 0 N–H and O–H groups in total. The highest BCUT2D eigenvalue weighted by molar-refractivity contribution is 8.05. The third-order valence-electron chi connectivity index (χ3n) is 3.98. The molecule has 0 fully saturated rings. The summed E-state index contributed by atoms with van der Waals surface area (Å²) in [4.78, 5) is 3.00. The van der Waals surface area contributed by atoms with Crippen molar-refractivity contribution >= 4 is 23.5 Å². The van der Waals surface area contributed by atoms with Crippen LogP contribution >= 0.6 is 23.5 Å². The summed E-state index contributed by atoms with van der Waals surface area (Å²) in [6.07, 6.45) is 8.86. The highest BCUT2D eigenvalue weighted by atomic mass is 32.2. The standard InChI is InChI=1S/C16H20S2/c1-2-12-3-5-13(6-4-12)14-7-8-15-16(11-14)18-10-9-17-15/h3,5,7-8,11-13H,2,4,6,9-10H2,1H3. The summed E-state index contributed by atoms with van der Waals surface area (Å²) in [5.41, 5.74) is 1.52. The van der Waals surface area contributed by atoms with Gasteiger partial charge in [0.1, 0.15) is 0 Å². The lowest BCUT2D eigenvalue weighted by atomic mass is 9.83. The van der Waals surface area contributed by atoms with Gasteiger partial charge in [0.2, 0.25) is 0 Å². The molecule has 0 amide bonds. The Morgan fingerprint density at radius 1 is 1.06 bits per heavy atom. The lowest BCUT2D eigenvalue weighted by molar-refractivity contribution is 0.499. The average molecular weight is 276 g/mol. The van der Waals surface area contributed by atoms with E-state index in [0.29, 0.717) is 5.92 Å². The number of allylic oxidation sites excluding steroid dienone is 2. The Bertz CT molecular complexity index is 450. The largest absolute Gasteiger partial charge is 0.124 e. The second-order valence-corrected chi connectivity index (χ2v) is 7.41. The zero-order chi connectivity index (χ0) is 12.4. The molecule has 2 atom stereocenters. The first-order valence-corrected chi connectivity index (χ1v) is 8.92. The molecule has 3 rings (SSSR count). The molecule has 0 saturated carbocycles. The second kappa shape index (κ2) is 5.75. The fraction of sp³-hybridized carbons (Fsp3) is 0.500. The zero-order valence-corrected chi connectivity index (χ0v) is 12.5. The van der Waals surface area contributed by atoms with Gasteiger partial charge in [-0.05, 0) is 42.9 Å². The number of rotatable bonds is 2. The van der Waals surface area contributed by atoms with Gasteiger partial charge in [0, 0.05) is 27.2 Å². The fourth-order valence-electron chi connectivity index (χ4n) is 2.79. The van der Waals surface area contributed by atoms with E-state index in [1.165, 1.54) is 46.1 Å². The predicted octanol–water partition coefficient (Wildman–Crippen LogP) is 5.34. The van der Waals surface area contributed by atoms with E-state index in [-0.39, 0.29) is 0 Å². The molecule has 1 aliphatic carbocycles. The maximum atomic E-state index is 2.44. The Kier molecular flexibility index (Phi) is 4.05. The van der Waals surface area contributed by atoms with Crippen molar-refractivity contribution in [2.24, 2.45) is 5.92 Å². The van der Waals surface area contributed by atoms with Crippen molar-refractivity contribution in [2.75, 3.05) is 11.5 Å². The smallest absolute Gasteiger partial charge is 0.0211 e. The average Bonchev–Trinajstić information content (AvgIpc) is 2.47. The normalized spacial score (nSPS) is 26.9. The summed E-state index contributed by atoms with van der Waals surface area (Å²) in [7, 11) is 0. The molecule has 0 spiro atoms. The van der Waals surface area contributed by atoms with Gasteiger partial charge in [-0.15, -0.1) is 23.5 Å². The molecule has 18 heavy (non-hydrogen) atoms. The summed E-state index contributed by atoms with van der Waals surface area (Å²) >= 11 is 4.04. The van der Waals surface area contributed by atoms with Crippen molar-refractivity contribution in [1.82, 2.24) is 0 Å². The number of hydrogen-bond donors (Lipinski definition) is 0. The van der Waals surface area contributed by atoms with Crippen LogP contribution in [-0.4, -0.2) is 11.5 Å². The van der Waals surface area contributed by atoms with E-state index in [1.807, 2.05) is 23.5 Å². The molecule has 1 heterocycles. The first kappa shape index (κ1) is 12.7. The van der Waals surface area contributed by atoms with Crippen molar-refractivity contribution in [3.05, 3.63) is 35.9 Å². The maximum absolute atomic E-state index is 2.44. The minimum atomic E-state index is 0.658. The Labute approximate surface area is 119 Å². The van der Waals surface area contributed by atoms with Crippen molar-refractivity contribution in [1.29, 1.82) is 0 Å². The molecule has 2 unspecified atom stereocenters. The van der Waals surface area contributed by atoms with Crippen LogP contribution in [0, 0.1) is 5.92 Å². The first-order chi connectivity index (χ1) is 8.86. The molecular formula is C16H20S2. The van der Waals surface area contributed by atoms with Crippen molar-refractivity contribution in [3.8, 4) is 0 Å². The maximum Gasteiger partial charge on any atom is 0.0211 e. The van der Waals surface area contributed by atoms with Crippen LogP contribution < -0.4 is 0 Å². The van der Waals surface area contributed by atoms with Gasteiger partial charge in [-0.25, -0.2) is 0 Å². The van der Waals surface area contributed by atoms with Crippen LogP contribution in [0.2, 0.25) is 0 Å². The van der Waals surface area contributed by atoms with E-state index >= 15 is 0 Å². The second-order valence-electron chi connectivity index (χ2n) is 5.14. The number of hydrogen-bond acceptors (Lipinski definition) is 2. The van der Waals surface area contributed by atoms with Crippen LogP contribution in [0.25, 0.3) is 0 Å². The molecular weight excluding hydrogens is 256 g/mol. The van der Waals surface area contributed by atoms with Crippen LogP contribution in [0.1, 0.15) is 37.7 Å². The van der Waals surface area contributed by atoms with Crippen LogP contribution in [0.5, 0.6) is 0 Å². The van der Waals surface area contributed by atoms with Crippen molar-refractivity contribution in [2.45, 2.75) is 41.9 Å². The van der Waals surface area contributed by atoms with Crippen LogP contribution in [-0.2, 0) is 0 Å². The number of benzene rings is 1. The minimum absolute atomic E-state index is 0.658. The molecule has 0 saturated heterocycles. The van der Waals surface area contributed by atoms with Gasteiger partial charge in [-0.2, -0.15) is 0 Å². The summed E-state index contributed by atoms with van der Waals surface area (Å²) in [6.45, 7) is 2.29. The monoisotopic (exact) mass is 276 g/mol. The first-order valence-electron chi connectivity index (χ1n) is 6.94. The van der Waals surface area contributed by atoms with Gasteiger partial charge in [-0.1, -0.05) is 25.1 Å². The Morgan fingerprint density at radius 2 is 1.89 bits per heavy atom. The van der Waals surface area contributed by atoms with Gasteiger partial charge >= 0.3 is 0 Å². The fourth-order valence-corrected chi connectivity index (χ4v) is 5.04. The summed E-state index contributed by atoms with van der Waals surface area (Å²) in [5.74, 6) is 4.01. The topological polar surface area (TPSA) is 0 Å². The van der Waals surface area contributed by atoms with Gasteiger partial charge in [0.25, 0.3) is 0 Å². The van der Waals surface area contributed by atoms with Crippen molar-refractivity contribution in [3.63, 3.8) is 0 Å². The highest BCUT2D eigenvalue weighted by Gasteiger charge is 2.18. The van der Waals surface area contributed by atoms with E-state index < -0.39 is 0 Å². The lowest BCUT2D eigenvalue weighted by Gasteiger charge is -2.24. The highest BCUT2D eigenvalue weighted by Crippen LogP contribution is 2.40. The van der Waals surface area contributed by atoms with E-state index in [1.54, 1.807) is 0 Å². The molecule has 1 aliphatic heterocycles. The molecule has 2 aliphatic rings. The summed E-state index contributed by atoms with van der Waals surface area (Å²) in [5, 5.41) is 0. The molecule has 0 bridgehead atoms. The van der Waals surface area contributed by atoms with E-state index in [2.05, 4.69) is 37.3 Å². The van der Waals surface area contributed by atoms with Gasteiger partial charge < -0.3 is 0 Å². The molecule has 1 aromatic rings. The van der Waals surface area contributed by atoms with Gasteiger partial charge in [-0.3, -0.25) is 0 Å². The Hall–Kier alpha value is -0.340. The molecule has 2 heteroatoms. The molecule has 0 radical (unpaired) electrons. The van der Waals surface area contributed by atoms with Crippen LogP contribution in [0.3, 0.4) is 0 Å². The number of thioether (sulfide) groups is 2. The Balaban J connectivity index is 1.81. The number of fused-ring (bicyclic) bond motifs is 1. The lowest BCUT2D eigenvalue weighted by Crippen LogP contribution is -2.07. The third kappa shape index (κ3) is 2.65. The summed E-state index contributed by atoms with van der Waals surface area (Å²) in [6, 6.07) is 7.12. The van der Waals surface area contributed by atoms with Crippen LogP contribution in [0.4, 0.5) is 0 Å². The molecule has 0 aromatic heterocycles. The Morgan fingerprint density at radius 3 is 2.61 bits per heavy atom. The van der Waals surface area contributed by atoms with Gasteiger partial charge in [0.05, 0.1) is 0 Å². The van der Waals surface area contributed by atoms with Gasteiger partial charge in [0.15, 0.2) is 0 Å². The van der Waals surface area contributed by atoms with Crippen molar-refractivity contribution < 1.29 is 0 Å². The SMILES string of the molecule is CCC1C=CC(c2ccc3c(c2)SCCS3)CC1. The van der Waals surface area contributed by atoms with E-state index in [4.69, 9.17) is 0 Å².